The van der Waals surface area contributed by atoms with Gasteiger partial charge in [0.15, 0.2) is 0 Å². The number of hydrogen-bond donors (Lipinski definition) is 1. The van der Waals surface area contributed by atoms with Gasteiger partial charge in [0.1, 0.15) is 0 Å². The Hall–Kier alpha value is -2.88. The maximum atomic E-state index is 12.4. The molecule has 1 heterocycles. The molecule has 0 radical (unpaired) electrons. The first-order valence-corrected chi connectivity index (χ1v) is 6.72. The molecule has 4 nitrogen and oxygen atoms in total. The van der Waals surface area contributed by atoms with Crippen LogP contribution < -0.4 is 10.3 Å². The lowest BCUT2D eigenvalue weighted by atomic mass is 10.2. The average molecular weight is 277 g/mol. The summed E-state index contributed by atoms with van der Waals surface area (Å²) in [5.74, 6) is -0.123. The van der Waals surface area contributed by atoms with Crippen LogP contribution in [0, 0.1) is 0 Å². The minimum atomic E-state index is -0.123. The lowest BCUT2D eigenvalue weighted by molar-refractivity contribution is -0.114. The molecule has 3 rings (SSSR count). The van der Waals surface area contributed by atoms with Crippen LogP contribution in [0.2, 0.25) is 0 Å². The first-order chi connectivity index (χ1) is 10.3. The van der Waals surface area contributed by atoms with E-state index in [1.165, 1.54) is 5.01 Å². The molecule has 0 saturated carbocycles. The molecule has 0 aliphatic carbocycles. The van der Waals surface area contributed by atoms with Crippen LogP contribution in [0.25, 0.3) is 0 Å². The van der Waals surface area contributed by atoms with Crippen LogP contribution in [0.4, 0.5) is 11.4 Å². The summed E-state index contributed by atoms with van der Waals surface area (Å²) in [4.78, 5) is 12.4. The van der Waals surface area contributed by atoms with Crippen molar-refractivity contribution in [3.63, 3.8) is 0 Å². The molecule has 1 N–H and O–H groups in total. The van der Waals surface area contributed by atoms with Gasteiger partial charge >= 0.3 is 0 Å². The summed E-state index contributed by atoms with van der Waals surface area (Å²) in [6.07, 6.45) is 1.71. The van der Waals surface area contributed by atoms with Crippen LogP contribution in [-0.4, -0.2) is 11.6 Å². The third-order valence-corrected chi connectivity index (χ3v) is 3.22. The van der Waals surface area contributed by atoms with E-state index in [4.69, 9.17) is 0 Å². The van der Waals surface area contributed by atoms with Gasteiger partial charge in [0.05, 0.1) is 17.0 Å². The number of para-hydroxylation sites is 2. The number of benzene rings is 2. The van der Waals surface area contributed by atoms with E-state index in [1.54, 1.807) is 6.20 Å². The fraction of sp³-hybridized carbons (Fsp3) is 0.0588. The topological polar surface area (TPSA) is 44.7 Å². The molecule has 1 aliphatic heterocycles. The highest BCUT2D eigenvalue weighted by atomic mass is 16.2. The maximum absolute atomic E-state index is 12.4. The molecule has 0 unspecified atom stereocenters. The Morgan fingerprint density at radius 3 is 2.29 bits per heavy atom. The molecule has 0 spiro atoms. The van der Waals surface area contributed by atoms with Gasteiger partial charge in [-0.1, -0.05) is 36.4 Å². The van der Waals surface area contributed by atoms with Crippen molar-refractivity contribution in [2.45, 2.75) is 6.92 Å². The zero-order valence-electron chi connectivity index (χ0n) is 11.7. The number of nitrogens with one attached hydrogen (secondary N) is 1. The van der Waals surface area contributed by atoms with Crippen molar-refractivity contribution in [3.8, 4) is 0 Å². The Kier molecular flexibility index (Phi) is 3.51. The molecule has 1 aliphatic rings. The van der Waals surface area contributed by atoms with E-state index in [2.05, 4.69) is 10.4 Å². The molecular weight excluding hydrogens is 262 g/mol. The molecule has 104 valence electrons. The quantitative estimate of drug-likeness (QED) is 0.874. The molecule has 0 aromatic heterocycles. The van der Waals surface area contributed by atoms with E-state index < -0.39 is 0 Å². The molecule has 0 fully saturated rings. The van der Waals surface area contributed by atoms with Gasteiger partial charge in [-0.3, -0.25) is 4.79 Å². The van der Waals surface area contributed by atoms with Gasteiger partial charge in [-0.25, -0.2) is 0 Å². The number of carbonyl (C=O) groups is 1. The Morgan fingerprint density at radius 2 is 1.62 bits per heavy atom. The Bertz CT molecular complexity index is 705. The predicted octanol–water partition coefficient (Wildman–Crippen LogP) is 3.41. The molecule has 0 atom stereocenters. The lowest BCUT2D eigenvalue weighted by Gasteiger charge is -2.11. The number of carbonyl (C=O) groups excluding carboxylic acids is 1. The van der Waals surface area contributed by atoms with E-state index in [-0.39, 0.29) is 5.91 Å². The highest BCUT2D eigenvalue weighted by molar-refractivity contribution is 6.29. The van der Waals surface area contributed by atoms with Crippen LogP contribution in [-0.2, 0) is 4.79 Å². The van der Waals surface area contributed by atoms with E-state index in [0.717, 1.165) is 11.4 Å². The van der Waals surface area contributed by atoms with Gasteiger partial charge in [-0.15, -0.1) is 0 Å². The molecule has 0 bridgehead atoms. The Labute approximate surface area is 123 Å². The number of hydrazone groups is 1. The Balaban J connectivity index is 1.82. The van der Waals surface area contributed by atoms with Gasteiger partial charge in [-0.2, -0.15) is 10.1 Å². The predicted molar refractivity (Wildman–Crippen MR) is 85.2 cm³/mol. The van der Waals surface area contributed by atoms with Crippen LogP contribution >= 0.6 is 0 Å². The third kappa shape index (κ3) is 2.69. The SMILES string of the molecule is CC1=NN(c2ccccc2)C(=O)C1=CNc1ccccc1. The summed E-state index contributed by atoms with van der Waals surface area (Å²) in [6, 6.07) is 19.1. The van der Waals surface area contributed by atoms with Crippen molar-refractivity contribution in [2.24, 2.45) is 5.10 Å². The average Bonchev–Trinajstić information content (AvgIpc) is 2.82. The number of anilines is 2. The van der Waals surface area contributed by atoms with Gasteiger partial charge in [0.2, 0.25) is 0 Å². The highest BCUT2D eigenvalue weighted by Gasteiger charge is 2.28. The molecule has 0 saturated heterocycles. The number of hydrogen-bond acceptors (Lipinski definition) is 3. The van der Waals surface area contributed by atoms with Gasteiger partial charge in [0, 0.05) is 11.9 Å². The second-order valence-electron chi connectivity index (χ2n) is 4.71. The van der Waals surface area contributed by atoms with E-state index in [9.17, 15) is 4.79 Å². The van der Waals surface area contributed by atoms with Gasteiger partial charge in [0.25, 0.3) is 5.91 Å². The summed E-state index contributed by atoms with van der Waals surface area (Å²) in [5.41, 5.74) is 2.98. The summed E-state index contributed by atoms with van der Waals surface area (Å²) < 4.78 is 0. The summed E-state index contributed by atoms with van der Waals surface area (Å²) in [7, 11) is 0. The summed E-state index contributed by atoms with van der Waals surface area (Å²) in [5, 5.41) is 8.88. The van der Waals surface area contributed by atoms with Crippen LogP contribution in [0.5, 0.6) is 0 Å². The fourth-order valence-corrected chi connectivity index (χ4v) is 2.12. The number of nitrogens with zero attached hydrogens (tertiary/aromatic N) is 2. The van der Waals surface area contributed by atoms with E-state index >= 15 is 0 Å². The van der Waals surface area contributed by atoms with Crippen LogP contribution in [0.3, 0.4) is 0 Å². The summed E-state index contributed by atoms with van der Waals surface area (Å²) in [6.45, 7) is 1.83. The van der Waals surface area contributed by atoms with Crippen molar-refractivity contribution in [3.05, 3.63) is 72.4 Å². The smallest absolute Gasteiger partial charge is 0.282 e. The molecule has 1 amide bonds. The maximum Gasteiger partial charge on any atom is 0.282 e. The third-order valence-electron chi connectivity index (χ3n) is 3.22. The van der Waals surface area contributed by atoms with Gasteiger partial charge in [-0.05, 0) is 31.2 Å². The number of rotatable bonds is 3. The van der Waals surface area contributed by atoms with Crippen LogP contribution in [0.1, 0.15) is 6.92 Å². The first kappa shape index (κ1) is 13.1. The normalized spacial score (nSPS) is 16.2. The van der Waals surface area contributed by atoms with Crippen molar-refractivity contribution in [1.29, 1.82) is 0 Å². The second-order valence-corrected chi connectivity index (χ2v) is 4.71. The molecular formula is C17H15N3O. The van der Waals surface area contributed by atoms with Crippen molar-refractivity contribution >= 4 is 23.0 Å². The largest absolute Gasteiger partial charge is 0.361 e. The van der Waals surface area contributed by atoms with Gasteiger partial charge < -0.3 is 5.32 Å². The molecule has 2 aromatic carbocycles. The zero-order chi connectivity index (χ0) is 14.7. The molecule has 21 heavy (non-hydrogen) atoms. The molecule has 2 aromatic rings. The monoisotopic (exact) mass is 277 g/mol. The Morgan fingerprint density at radius 1 is 1.00 bits per heavy atom. The highest BCUT2D eigenvalue weighted by Crippen LogP contribution is 2.23. The standard InChI is InChI=1S/C17H15N3O/c1-13-16(12-18-14-8-4-2-5-9-14)17(21)20(19-13)15-10-6-3-7-11-15/h2-12,18H,1H3. The van der Waals surface area contributed by atoms with E-state index in [0.29, 0.717) is 11.3 Å². The number of amides is 1. The minimum Gasteiger partial charge on any atom is -0.361 e. The lowest BCUT2D eigenvalue weighted by Crippen LogP contribution is -2.21. The van der Waals surface area contributed by atoms with E-state index in [1.807, 2.05) is 67.6 Å². The zero-order valence-corrected chi connectivity index (χ0v) is 11.7. The first-order valence-electron chi connectivity index (χ1n) is 6.72. The summed E-state index contributed by atoms with van der Waals surface area (Å²) >= 11 is 0. The fourth-order valence-electron chi connectivity index (χ4n) is 2.12. The van der Waals surface area contributed by atoms with Crippen molar-refractivity contribution < 1.29 is 4.79 Å². The van der Waals surface area contributed by atoms with Crippen LogP contribution in [0.15, 0.2) is 77.5 Å². The minimum absolute atomic E-state index is 0.123. The molecule has 4 heteroatoms. The van der Waals surface area contributed by atoms with Crippen molar-refractivity contribution in [1.82, 2.24) is 0 Å². The van der Waals surface area contributed by atoms with Crippen molar-refractivity contribution in [2.75, 3.05) is 10.3 Å². The second kappa shape index (κ2) is 5.63.